The first kappa shape index (κ1) is 14.9. The van der Waals surface area contributed by atoms with E-state index in [4.69, 9.17) is 5.73 Å². The summed E-state index contributed by atoms with van der Waals surface area (Å²) in [4.78, 5) is 28.8. The van der Waals surface area contributed by atoms with E-state index < -0.39 is 0 Å². The quantitative estimate of drug-likeness (QED) is 0.811. The van der Waals surface area contributed by atoms with Crippen molar-refractivity contribution in [3.8, 4) is 0 Å². The Morgan fingerprint density at radius 1 is 1.42 bits per heavy atom. The molecule has 19 heavy (non-hydrogen) atoms. The molecule has 1 rings (SSSR count). The largest absolute Gasteiger partial charge is 0.397 e. The van der Waals surface area contributed by atoms with Crippen molar-refractivity contribution in [1.82, 2.24) is 15.2 Å². The zero-order valence-electron chi connectivity index (χ0n) is 11.5. The summed E-state index contributed by atoms with van der Waals surface area (Å²) in [7, 11) is 1.56. The van der Waals surface area contributed by atoms with Gasteiger partial charge in [-0.25, -0.2) is 4.98 Å². The summed E-state index contributed by atoms with van der Waals surface area (Å²) in [6.07, 6.45) is 1.42. The molecule has 3 N–H and O–H groups in total. The molecule has 0 saturated heterocycles. The van der Waals surface area contributed by atoms with Gasteiger partial charge in [-0.1, -0.05) is 13.8 Å². The minimum atomic E-state index is -0.306. The highest BCUT2D eigenvalue weighted by molar-refractivity contribution is 5.94. The molecule has 1 aromatic rings. The summed E-state index contributed by atoms with van der Waals surface area (Å²) in [5, 5.41) is 2.76. The number of rotatable bonds is 5. The Morgan fingerprint density at radius 3 is 2.63 bits per heavy atom. The van der Waals surface area contributed by atoms with Crippen LogP contribution in [0.25, 0.3) is 0 Å². The van der Waals surface area contributed by atoms with E-state index in [0.717, 1.165) is 0 Å². The number of anilines is 1. The third-order valence-electron chi connectivity index (χ3n) is 2.44. The number of aromatic nitrogens is 1. The van der Waals surface area contributed by atoms with E-state index in [-0.39, 0.29) is 24.1 Å². The Balaban J connectivity index is 2.53. The highest BCUT2D eigenvalue weighted by Crippen LogP contribution is 2.03. The lowest BCUT2D eigenvalue weighted by Crippen LogP contribution is -2.39. The van der Waals surface area contributed by atoms with Crippen LogP contribution < -0.4 is 11.1 Å². The average Bonchev–Trinajstić information content (AvgIpc) is 2.36. The first-order chi connectivity index (χ1) is 8.90. The maximum Gasteiger partial charge on any atom is 0.272 e. The number of likely N-dealkylation sites (N-methyl/N-ethyl adjacent to an activating group) is 1. The Labute approximate surface area is 113 Å². The highest BCUT2D eigenvalue weighted by atomic mass is 16.2. The number of nitrogen functional groups attached to an aromatic ring is 1. The van der Waals surface area contributed by atoms with E-state index in [1.807, 2.05) is 13.8 Å². The lowest BCUT2D eigenvalue weighted by atomic mass is 10.2. The fourth-order valence-corrected chi connectivity index (χ4v) is 1.39. The van der Waals surface area contributed by atoms with Crippen LogP contribution in [0.2, 0.25) is 0 Å². The van der Waals surface area contributed by atoms with Gasteiger partial charge in [-0.05, 0) is 18.1 Å². The topological polar surface area (TPSA) is 88.3 Å². The van der Waals surface area contributed by atoms with E-state index in [1.54, 1.807) is 19.2 Å². The van der Waals surface area contributed by atoms with Crippen LogP contribution in [0.1, 0.15) is 24.3 Å². The lowest BCUT2D eigenvalue weighted by Gasteiger charge is -2.16. The van der Waals surface area contributed by atoms with Gasteiger partial charge in [0, 0.05) is 13.6 Å². The SMILES string of the molecule is CC(C)CNC(=O)CN(C)C(=O)c1ccc(N)cn1. The molecule has 0 atom stereocenters. The second-order valence-electron chi connectivity index (χ2n) is 4.84. The molecule has 1 heterocycles. The van der Waals surface area contributed by atoms with Crippen molar-refractivity contribution < 1.29 is 9.59 Å². The van der Waals surface area contributed by atoms with Gasteiger partial charge in [-0.15, -0.1) is 0 Å². The molecule has 0 aliphatic rings. The summed E-state index contributed by atoms with van der Waals surface area (Å²) in [6, 6.07) is 3.15. The summed E-state index contributed by atoms with van der Waals surface area (Å²) in [6.45, 7) is 4.62. The van der Waals surface area contributed by atoms with Crippen LogP contribution in [0.5, 0.6) is 0 Å². The van der Waals surface area contributed by atoms with Crippen LogP contribution in [-0.2, 0) is 4.79 Å². The Bertz CT molecular complexity index is 442. The number of nitrogens with two attached hydrogens (primary N) is 1. The Morgan fingerprint density at radius 2 is 2.11 bits per heavy atom. The predicted molar refractivity (Wildman–Crippen MR) is 73.5 cm³/mol. The third-order valence-corrected chi connectivity index (χ3v) is 2.44. The van der Waals surface area contributed by atoms with Crippen LogP contribution in [0.3, 0.4) is 0 Å². The number of carbonyl (C=O) groups excluding carboxylic acids is 2. The zero-order valence-corrected chi connectivity index (χ0v) is 11.5. The van der Waals surface area contributed by atoms with E-state index in [2.05, 4.69) is 10.3 Å². The molecule has 0 radical (unpaired) electrons. The van der Waals surface area contributed by atoms with Crippen molar-refractivity contribution in [2.75, 3.05) is 25.9 Å². The molecule has 6 nitrogen and oxygen atoms in total. The van der Waals surface area contributed by atoms with Crippen LogP contribution in [0.4, 0.5) is 5.69 Å². The first-order valence-electron chi connectivity index (χ1n) is 6.14. The molecule has 2 amide bonds. The maximum absolute atomic E-state index is 12.0. The summed E-state index contributed by atoms with van der Waals surface area (Å²) < 4.78 is 0. The van der Waals surface area contributed by atoms with Gasteiger partial charge < -0.3 is 16.0 Å². The number of carbonyl (C=O) groups is 2. The molecule has 0 aromatic carbocycles. The van der Waals surface area contributed by atoms with Crippen LogP contribution in [0, 0.1) is 5.92 Å². The Kier molecular flexibility index (Phi) is 5.29. The van der Waals surface area contributed by atoms with Crippen molar-refractivity contribution in [2.24, 2.45) is 5.92 Å². The summed E-state index contributed by atoms with van der Waals surface area (Å²) in [5.74, 6) is -0.108. The molecule has 104 valence electrons. The minimum Gasteiger partial charge on any atom is -0.397 e. The van der Waals surface area contributed by atoms with Crippen molar-refractivity contribution >= 4 is 17.5 Å². The molecule has 0 unspecified atom stereocenters. The monoisotopic (exact) mass is 264 g/mol. The van der Waals surface area contributed by atoms with Crippen molar-refractivity contribution in [3.63, 3.8) is 0 Å². The van der Waals surface area contributed by atoms with Gasteiger partial charge >= 0.3 is 0 Å². The van der Waals surface area contributed by atoms with Crippen molar-refractivity contribution in [3.05, 3.63) is 24.0 Å². The molecular formula is C13H20N4O2. The van der Waals surface area contributed by atoms with Gasteiger partial charge in [0.05, 0.1) is 18.4 Å². The number of hydrogen-bond donors (Lipinski definition) is 2. The molecule has 0 fully saturated rings. The van der Waals surface area contributed by atoms with Gasteiger partial charge in [-0.3, -0.25) is 9.59 Å². The zero-order chi connectivity index (χ0) is 14.4. The molecule has 0 saturated carbocycles. The summed E-state index contributed by atoms with van der Waals surface area (Å²) >= 11 is 0. The second-order valence-corrected chi connectivity index (χ2v) is 4.84. The number of nitrogens with zero attached hydrogens (tertiary/aromatic N) is 2. The van der Waals surface area contributed by atoms with Crippen LogP contribution in [-0.4, -0.2) is 41.8 Å². The molecule has 0 aliphatic heterocycles. The van der Waals surface area contributed by atoms with E-state index in [9.17, 15) is 9.59 Å². The van der Waals surface area contributed by atoms with Gasteiger partial charge in [0.2, 0.25) is 5.91 Å². The predicted octanol–water partition coefficient (Wildman–Crippen LogP) is 0.508. The third kappa shape index (κ3) is 4.95. The van der Waals surface area contributed by atoms with E-state index >= 15 is 0 Å². The number of nitrogens with one attached hydrogen (secondary N) is 1. The normalized spacial score (nSPS) is 10.3. The van der Waals surface area contributed by atoms with Gasteiger partial charge in [0.1, 0.15) is 5.69 Å². The minimum absolute atomic E-state index is 0.0115. The van der Waals surface area contributed by atoms with E-state index in [1.165, 1.54) is 11.1 Å². The van der Waals surface area contributed by atoms with Crippen LogP contribution in [0.15, 0.2) is 18.3 Å². The maximum atomic E-state index is 12.0. The summed E-state index contributed by atoms with van der Waals surface area (Å²) in [5.41, 5.74) is 6.27. The number of amides is 2. The molecule has 0 aliphatic carbocycles. The fourth-order valence-electron chi connectivity index (χ4n) is 1.39. The van der Waals surface area contributed by atoms with Gasteiger partial charge in [-0.2, -0.15) is 0 Å². The lowest BCUT2D eigenvalue weighted by molar-refractivity contribution is -0.121. The van der Waals surface area contributed by atoms with Crippen molar-refractivity contribution in [1.29, 1.82) is 0 Å². The van der Waals surface area contributed by atoms with Crippen LogP contribution >= 0.6 is 0 Å². The average molecular weight is 264 g/mol. The number of pyridine rings is 1. The second kappa shape index (κ2) is 6.72. The highest BCUT2D eigenvalue weighted by Gasteiger charge is 2.15. The molecule has 0 bridgehead atoms. The molecule has 6 heteroatoms. The number of hydrogen-bond acceptors (Lipinski definition) is 4. The van der Waals surface area contributed by atoms with Crippen molar-refractivity contribution in [2.45, 2.75) is 13.8 Å². The smallest absolute Gasteiger partial charge is 0.272 e. The molecule has 0 spiro atoms. The van der Waals surface area contributed by atoms with E-state index in [0.29, 0.717) is 18.2 Å². The molecule has 1 aromatic heterocycles. The Hall–Kier alpha value is -2.11. The molecular weight excluding hydrogens is 244 g/mol. The van der Waals surface area contributed by atoms with Gasteiger partial charge in [0.25, 0.3) is 5.91 Å². The fraction of sp³-hybridized carbons (Fsp3) is 0.462. The first-order valence-corrected chi connectivity index (χ1v) is 6.14. The standard InChI is InChI=1S/C13H20N4O2/c1-9(2)6-16-12(18)8-17(3)13(19)11-5-4-10(14)7-15-11/h4-5,7,9H,6,8,14H2,1-3H3,(H,16,18). The van der Waals surface area contributed by atoms with Gasteiger partial charge in [0.15, 0.2) is 0 Å².